The number of hydrogen-bond acceptors (Lipinski definition) is 5. The van der Waals surface area contributed by atoms with Crippen molar-refractivity contribution < 1.29 is 4.79 Å². The maximum absolute atomic E-state index is 12.9. The Hall–Kier alpha value is -3.80. The van der Waals surface area contributed by atoms with Crippen LogP contribution in [0, 0.1) is 0 Å². The second kappa shape index (κ2) is 8.26. The first-order valence-electron chi connectivity index (χ1n) is 9.03. The van der Waals surface area contributed by atoms with E-state index >= 15 is 0 Å². The summed E-state index contributed by atoms with van der Waals surface area (Å²) in [6.07, 6.45) is 1.92. The first-order chi connectivity index (χ1) is 13.8. The summed E-state index contributed by atoms with van der Waals surface area (Å²) >= 11 is 0. The van der Waals surface area contributed by atoms with Gasteiger partial charge in [-0.2, -0.15) is 9.67 Å². The summed E-state index contributed by atoms with van der Waals surface area (Å²) in [6, 6.07) is 25.1. The van der Waals surface area contributed by atoms with Gasteiger partial charge >= 0.3 is 0 Å². The fourth-order valence-electron chi connectivity index (χ4n) is 2.83. The molecule has 138 valence electrons. The zero-order valence-electron chi connectivity index (χ0n) is 15.2. The zero-order chi connectivity index (χ0) is 19.2. The van der Waals surface area contributed by atoms with Crippen LogP contribution in [0.5, 0.6) is 0 Å². The summed E-state index contributed by atoms with van der Waals surface area (Å²) < 4.78 is 1.33. The van der Waals surface area contributed by atoms with Gasteiger partial charge in [0.15, 0.2) is 0 Å². The number of hydrogen-bond donors (Lipinski definition) is 1. The van der Waals surface area contributed by atoms with Crippen molar-refractivity contribution in [1.29, 1.82) is 0 Å². The van der Waals surface area contributed by atoms with Crippen LogP contribution in [0.3, 0.4) is 0 Å². The fourth-order valence-corrected chi connectivity index (χ4v) is 2.83. The molecule has 28 heavy (non-hydrogen) atoms. The van der Waals surface area contributed by atoms with Gasteiger partial charge in [0.25, 0.3) is 5.91 Å². The number of benzene rings is 2. The molecule has 0 saturated carbocycles. The van der Waals surface area contributed by atoms with Crippen LogP contribution < -0.4 is 5.32 Å². The minimum absolute atomic E-state index is 0.156. The predicted molar refractivity (Wildman–Crippen MR) is 108 cm³/mol. The van der Waals surface area contributed by atoms with E-state index in [-0.39, 0.29) is 12.3 Å². The van der Waals surface area contributed by atoms with E-state index in [1.54, 1.807) is 6.20 Å². The second-order valence-corrected chi connectivity index (χ2v) is 6.28. The highest BCUT2D eigenvalue weighted by Gasteiger charge is 2.18. The monoisotopic (exact) mass is 369 g/mol. The van der Waals surface area contributed by atoms with Crippen molar-refractivity contribution in [1.82, 2.24) is 19.7 Å². The van der Waals surface area contributed by atoms with Crippen LogP contribution in [0.25, 0.3) is 11.5 Å². The van der Waals surface area contributed by atoms with Crippen LogP contribution in [-0.4, -0.2) is 25.7 Å². The van der Waals surface area contributed by atoms with Crippen LogP contribution in [0.4, 0.5) is 5.95 Å². The lowest BCUT2D eigenvalue weighted by molar-refractivity contribution is 0.0901. The van der Waals surface area contributed by atoms with Gasteiger partial charge in [-0.3, -0.25) is 9.78 Å². The standard InChI is InChI=1S/C22H19N5O/c28-20(15-17-9-3-1-4-10-17)27-22(24-16-18-11-5-2-6-12-18)25-21(26-27)19-13-7-8-14-23-19/h1-14H,15-16H2,(H,24,25,26). The van der Waals surface area contributed by atoms with E-state index in [0.717, 1.165) is 11.1 Å². The zero-order valence-corrected chi connectivity index (χ0v) is 15.2. The molecule has 0 unspecified atom stereocenters. The highest BCUT2D eigenvalue weighted by Crippen LogP contribution is 2.17. The second-order valence-electron chi connectivity index (χ2n) is 6.28. The Morgan fingerprint density at radius 3 is 2.21 bits per heavy atom. The molecule has 0 bridgehead atoms. The molecule has 2 aromatic heterocycles. The molecule has 6 heteroatoms. The third-order valence-electron chi connectivity index (χ3n) is 4.23. The topological polar surface area (TPSA) is 72.7 Å². The van der Waals surface area contributed by atoms with Crippen molar-refractivity contribution in [3.63, 3.8) is 0 Å². The number of anilines is 1. The summed E-state index contributed by atoms with van der Waals surface area (Å²) in [7, 11) is 0. The van der Waals surface area contributed by atoms with Crippen LogP contribution in [-0.2, 0) is 13.0 Å². The summed E-state index contributed by atoms with van der Waals surface area (Å²) in [5.41, 5.74) is 2.64. The number of rotatable bonds is 6. The average molecular weight is 369 g/mol. The molecule has 0 aliphatic rings. The van der Waals surface area contributed by atoms with Gasteiger partial charge in [0.05, 0.1) is 6.42 Å². The molecule has 2 aromatic carbocycles. The Morgan fingerprint density at radius 2 is 1.54 bits per heavy atom. The molecular formula is C22H19N5O. The van der Waals surface area contributed by atoms with E-state index in [2.05, 4.69) is 20.4 Å². The summed E-state index contributed by atoms with van der Waals surface area (Å²) in [6.45, 7) is 0.541. The Kier molecular flexibility index (Phi) is 5.20. The molecule has 0 amide bonds. The van der Waals surface area contributed by atoms with Gasteiger partial charge in [-0.1, -0.05) is 66.7 Å². The summed E-state index contributed by atoms with van der Waals surface area (Å²) in [5, 5.41) is 7.65. The van der Waals surface area contributed by atoms with E-state index in [0.29, 0.717) is 24.0 Å². The molecule has 0 fully saturated rings. The maximum atomic E-state index is 12.9. The third kappa shape index (κ3) is 4.12. The lowest BCUT2D eigenvalue weighted by atomic mass is 10.1. The number of nitrogens with zero attached hydrogens (tertiary/aromatic N) is 4. The van der Waals surface area contributed by atoms with Gasteiger partial charge in [0, 0.05) is 12.7 Å². The predicted octanol–water partition coefficient (Wildman–Crippen LogP) is 3.84. The van der Waals surface area contributed by atoms with Gasteiger partial charge in [-0.25, -0.2) is 0 Å². The summed E-state index contributed by atoms with van der Waals surface area (Å²) in [5.74, 6) is 0.666. The molecule has 2 heterocycles. The molecule has 0 radical (unpaired) electrons. The van der Waals surface area contributed by atoms with Crippen LogP contribution in [0.2, 0.25) is 0 Å². The van der Waals surface area contributed by atoms with Gasteiger partial charge in [0.2, 0.25) is 11.8 Å². The van der Waals surface area contributed by atoms with Gasteiger partial charge < -0.3 is 5.32 Å². The number of pyridine rings is 1. The molecule has 0 spiro atoms. The van der Waals surface area contributed by atoms with E-state index in [4.69, 9.17) is 0 Å². The van der Waals surface area contributed by atoms with Crippen LogP contribution in [0.1, 0.15) is 15.9 Å². The van der Waals surface area contributed by atoms with Crippen molar-refractivity contribution >= 4 is 11.9 Å². The van der Waals surface area contributed by atoms with Crippen molar-refractivity contribution in [2.45, 2.75) is 13.0 Å². The largest absolute Gasteiger partial charge is 0.350 e. The molecule has 0 aliphatic heterocycles. The van der Waals surface area contributed by atoms with E-state index in [1.807, 2.05) is 78.9 Å². The normalized spacial score (nSPS) is 10.6. The van der Waals surface area contributed by atoms with E-state index in [1.165, 1.54) is 4.68 Å². The molecule has 1 N–H and O–H groups in total. The highest BCUT2D eigenvalue weighted by atomic mass is 16.2. The van der Waals surface area contributed by atoms with E-state index < -0.39 is 0 Å². The molecule has 4 rings (SSSR count). The Balaban J connectivity index is 1.62. The minimum Gasteiger partial charge on any atom is -0.350 e. The van der Waals surface area contributed by atoms with Gasteiger partial charge in [0.1, 0.15) is 5.69 Å². The van der Waals surface area contributed by atoms with Crippen molar-refractivity contribution in [3.8, 4) is 11.5 Å². The third-order valence-corrected chi connectivity index (χ3v) is 4.23. The van der Waals surface area contributed by atoms with Crippen molar-refractivity contribution in [3.05, 3.63) is 96.2 Å². The quantitative estimate of drug-likeness (QED) is 0.559. The first-order valence-corrected chi connectivity index (χ1v) is 9.03. The Labute approximate surface area is 162 Å². The lowest BCUT2D eigenvalue weighted by Crippen LogP contribution is -2.18. The molecule has 6 nitrogen and oxygen atoms in total. The SMILES string of the molecule is O=C(Cc1ccccc1)n1nc(-c2ccccn2)nc1NCc1ccccc1. The summed E-state index contributed by atoms with van der Waals surface area (Å²) in [4.78, 5) is 21.7. The van der Waals surface area contributed by atoms with Crippen molar-refractivity contribution in [2.75, 3.05) is 5.32 Å². The number of nitrogens with one attached hydrogen (secondary N) is 1. The smallest absolute Gasteiger partial charge is 0.254 e. The molecule has 0 saturated heterocycles. The van der Waals surface area contributed by atoms with Crippen LogP contribution >= 0.6 is 0 Å². The minimum atomic E-state index is -0.156. The molecule has 4 aromatic rings. The lowest BCUT2D eigenvalue weighted by Gasteiger charge is -2.07. The van der Waals surface area contributed by atoms with Gasteiger partial charge in [-0.05, 0) is 23.3 Å². The Morgan fingerprint density at radius 1 is 0.857 bits per heavy atom. The number of carbonyl (C=O) groups is 1. The highest BCUT2D eigenvalue weighted by molar-refractivity contribution is 5.83. The van der Waals surface area contributed by atoms with Crippen LogP contribution in [0.15, 0.2) is 85.1 Å². The number of carbonyl (C=O) groups excluding carboxylic acids is 1. The molecule has 0 atom stereocenters. The van der Waals surface area contributed by atoms with Crippen molar-refractivity contribution in [2.24, 2.45) is 0 Å². The Bertz CT molecular complexity index is 1050. The average Bonchev–Trinajstić information content (AvgIpc) is 3.19. The first kappa shape index (κ1) is 17.6. The fraction of sp³-hybridized carbons (Fsp3) is 0.0909. The molecular weight excluding hydrogens is 350 g/mol. The maximum Gasteiger partial charge on any atom is 0.254 e. The van der Waals surface area contributed by atoms with Gasteiger partial charge in [-0.15, -0.1) is 5.10 Å². The molecule has 0 aliphatic carbocycles. The van der Waals surface area contributed by atoms with E-state index in [9.17, 15) is 4.79 Å². The number of aromatic nitrogens is 4.